The molecule has 1 amide bonds. The fourth-order valence-electron chi connectivity index (χ4n) is 4.64. The molecule has 3 aliphatic rings. The average molecular weight is 298 g/mol. The molecular weight excluding hydrogens is 272 g/mol. The van der Waals surface area contributed by atoms with E-state index >= 15 is 0 Å². The second-order valence-electron chi connectivity index (χ2n) is 7.32. The van der Waals surface area contributed by atoms with Gasteiger partial charge in [0.15, 0.2) is 0 Å². The third-order valence-electron chi connectivity index (χ3n) is 5.87. The van der Waals surface area contributed by atoms with Gasteiger partial charge < -0.3 is 10.6 Å². The van der Waals surface area contributed by atoms with E-state index in [2.05, 4.69) is 34.9 Å². The molecule has 4 unspecified atom stereocenters. The molecular formula is C19H26N2O. The van der Waals surface area contributed by atoms with Gasteiger partial charge in [0, 0.05) is 12.1 Å². The van der Waals surface area contributed by atoms with Gasteiger partial charge in [0.25, 0.3) is 0 Å². The van der Waals surface area contributed by atoms with Gasteiger partial charge in [-0.05, 0) is 55.6 Å². The first-order chi connectivity index (χ1) is 10.8. The molecule has 0 aromatic heterocycles. The van der Waals surface area contributed by atoms with E-state index in [-0.39, 0.29) is 11.9 Å². The molecule has 0 radical (unpaired) electrons. The van der Waals surface area contributed by atoms with Crippen LogP contribution in [0.2, 0.25) is 0 Å². The molecule has 0 spiro atoms. The monoisotopic (exact) mass is 298 g/mol. The molecule has 22 heavy (non-hydrogen) atoms. The fourth-order valence-corrected chi connectivity index (χ4v) is 4.64. The van der Waals surface area contributed by atoms with Crippen LogP contribution < -0.4 is 10.6 Å². The Bertz CT molecular complexity index is 542. The van der Waals surface area contributed by atoms with Crippen molar-refractivity contribution in [2.45, 2.75) is 69.5 Å². The first-order valence-electron chi connectivity index (χ1n) is 8.93. The number of aryl methyl sites for hydroxylation is 1. The van der Waals surface area contributed by atoms with Gasteiger partial charge >= 0.3 is 0 Å². The first kappa shape index (κ1) is 14.3. The highest BCUT2D eigenvalue weighted by Gasteiger charge is 2.38. The molecule has 3 heteroatoms. The number of hydrogen-bond donors (Lipinski definition) is 2. The lowest BCUT2D eigenvalue weighted by atomic mass is 9.85. The third-order valence-corrected chi connectivity index (χ3v) is 5.87. The zero-order valence-corrected chi connectivity index (χ0v) is 13.2. The average Bonchev–Trinajstić information content (AvgIpc) is 2.99. The highest BCUT2D eigenvalue weighted by atomic mass is 16.2. The smallest absolute Gasteiger partial charge is 0.237 e. The number of hydrogen-bond acceptors (Lipinski definition) is 2. The summed E-state index contributed by atoms with van der Waals surface area (Å²) in [7, 11) is 0. The summed E-state index contributed by atoms with van der Waals surface area (Å²) in [6.45, 7) is 0. The predicted molar refractivity (Wildman–Crippen MR) is 87.7 cm³/mol. The second kappa shape index (κ2) is 6.04. The Morgan fingerprint density at radius 1 is 1.09 bits per heavy atom. The minimum absolute atomic E-state index is 0.0465. The maximum atomic E-state index is 12.6. The number of rotatable bonds is 2. The highest BCUT2D eigenvalue weighted by molar-refractivity contribution is 5.82. The molecule has 2 fully saturated rings. The van der Waals surface area contributed by atoms with Gasteiger partial charge in [-0.1, -0.05) is 37.1 Å². The third kappa shape index (κ3) is 2.79. The Balaban J connectivity index is 1.35. The van der Waals surface area contributed by atoms with E-state index in [0.29, 0.717) is 12.1 Å². The van der Waals surface area contributed by atoms with Gasteiger partial charge in [0.2, 0.25) is 5.91 Å². The standard InChI is InChI=1S/C19H26N2O/c22-19(18-12-15-7-3-4-8-17(15)21-18)20-16-10-9-13-5-1-2-6-14(13)11-16/h1-2,5-6,15-18,21H,3-4,7-12H2,(H,20,22). The molecule has 4 rings (SSSR count). The largest absolute Gasteiger partial charge is 0.352 e. The van der Waals surface area contributed by atoms with E-state index in [1.165, 1.54) is 36.8 Å². The van der Waals surface area contributed by atoms with Crippen LogP contribution >= 0.6 is 0 Å². The number of carbonyl (C=O) groups is 1. The first-order valence-corrected chi connectivity index (χ1v) is 8.93. The van der Waals surface area contributed by atoms with Crippen LogP contribution in [-0.2, 0) is 17.6 Å². The van der Waals surface area contributed by atoms with Gasteiger partial charge in [-0.25, -0.2) is 0 Å². The number of amides is 1. The molecule has 0 bridgehead atoms. The van der Waals surface area contributed by atoms with E-state index in [1.54, 1.807) is 0 Å². The zero-order valence-electron chi connectivity index (χ0n) is 13.2. The van der Waals surface area contributed by atoms with Crippen molar-refractivity contribution in [3.8, 4) is 0 Å². The van der Waals surface area contributed by atoms with Crippen molar-refractivity contribution in [3.63, 3.8) is 0 Å². The minimum Gasteiger partial charge on any atom is -0.352 e. The van der Waals surface area contributed by atoms with Crippen LogP contribution in [0, 0.1) is 5.92 Å². The Morgan fingerprint density at radius 2 is 1.91 bits per heavy atom. The molecule has 1 aromatic carbocycles. The van der Waals surface area contributed by atoms with Gasteiger partial charge in [-0.2, -0.15) is 0 Å². The van der Waals surface area contributed by atoms with Crippen LogP contribution in [0.25, 0.3) is 0 Å². The van der Waals surface area contributed by atoms with E-state index in [1.807, 2.05) is 0 Å². The van der Waals surface area contributed by atoms with Gasteiger partial charge in [0.1, 0.15) is 0 Å². The summed E-state index contributed by atoms with van der Waals surface area (Å²) in [6, 6.07) is 9.59. The highest BCUT2D eigenvalue weighted by Crippen LogP contribution is 2.33. The van der Waals surface area contributed by atoms with Crippen molar-refractivity contribution in [3.05, 3.63) is 35.4 Å². The Kier molecular flexibility index (Phi) is 3.91. The lowest BCUT2D eigenvalue weighted by Crippen LogP contribution is -2.48. The summed E-state index contributed by atoms with van der Waals surface area (Å²) < 4.78 is 0. The maximum Gasteiger partial charge on any atom is 0.237 e. The summed E-state index contributed by atoms with van der Waals surface area (Å²) in [5.41, 5.74) is 2.87. The summed E-state index contributed by atoms with van der Waals surface area (Å²) >= 11 is 0. The van der Waals surface area contributed by atoms with Crippen LogP contribution in [0.1, 0.15) is 49.7 Å². The Labute approximate surface area is 132 Å². The minimum atomic E-state index is 0.0465. The molecule has 2 aliphatic carbocycles. The van der Waals surface area contributed by atoms with Gasteiger partial charge in [-0.15, -0.1) is 0 Å². The molecule has 118 valence electrons. The van der Waals surface area contributed by atoms with Gasteiger partial charge in [-0.3, -0.25) is 4.79 Å². The summed E-state index contributed by atoms with van der Waals surface area (Å²) in [6.07, 6.45) is 9.41. The zero-order chi connectivity index (χ0) is 14.9. The van der Waals surface area contributed by atoms with E-state index in [0.717, 1.165) is 31.6 Å². The predicted octanol–water partition coefficient (Wildman–Crippen LogP) is 2.58. The number of benzene rings is 1. The van der Waals surface area contributed by atoms with Crippen LogP contribution in [-0.4, -0.2) is 24.0 Å². The lowest BCUT2D eigenvalue weighted by Gasteiger charge is -2.27. The van der Waals surface area contributed by atoms with E-state index in [9.17, 15) is 4.79 Å². The Hall–Kier alpha value is -1.35. The molecule has 2 N–H and O–H groups in total. The second-order valence-corrected chi connectivity index (χ2v) is 7.32. The van der Waals surface area contributed by atoms with Crippen LogP contribution in [0.3, 0.4) is 0 Å². The van der Waals surface area contributed by atoms with Crippen molar-refractivity contribution in [1.29, 1.82) is 0 Å². The topological polar surface area (TPSA) is 41.1 Å². The van der Waals surface area contributed by atoms with Crippen molar-refractivity contribution < 1.29 is 4.79 Å². The van der Waals surface area contributed by atoms with Crippen molar-refractivity contribution in [1.82, 2.24) is 10.6 Å². The number of carbonyl (C=O) groups excluding carboxylic acids is 1. The molecule has 1 aromatic rings. The summed E-state index contributed by atoms with van der Waals surface area (Å²) in [4.78, 5) is 12.6. The summed E-state index contributed by atoms with van der Waals surface area (Å²) in [5, 5.41) is 6.90. The van der Waals surface area contributed by atoms with Crippen LogP contribution in [0.5, 0.6) is 0 Å². The molecule has 1 heterocycles. The molecule has 1 saturated heterocycles. The molecule has 4 atom stereocenters. The van der Waals surface area contributed by atoms with Crippen molar-refractivity contribution >= 4 is 5.91 Å². The fraction of sp³-hybridized carbons (Fsp3) is 0.632. The number of nitrogens with one attached hydrogen (secondary N) is 2. The van der Waals surface area contributed by atoms with Crippen LogP contribution in [0.15, 0.2) is 24.3 Å². The normalized spacial score (nSPS) is 33.8. The van der Waals surface area contributed by atoms with Crippen molar-refractivity contribution in [2.24, 2.45) is 5.92 Å². The number of fused-ring (bicyclic) bond motifs is 2. The Morgan fingerprint density at radius 3 is 2.77 bits per heavy atom. The van der Waals surface area contributed by atoms with Crippen LogP contribution in [0.4, 0.5) is 0 Å². The van der Waals surface area contributed by atoms with E-state index < -0.39 is 0 Å². The van der Waals surface area contributed by atoms with E-state index in [4.69, 9.17) is 0 Å². The summed E-state index contributed by atoms with van der Waals surface area (Å²) in [5.74, 6) is 0.968. The molecule has 3 nitrogen and oxygen atoms in total. The molecule has 1 aliphatic heterocycles. The lowest BCUT2D eigenvalue weighted by molar-refractivity contribution is -0.123. The maximum absolute atomic E-state index is 12.6. The van der Waals surface area contributed by atoms with Gasteiger partial charge in [0.05, 0.1) is 6.04 Å². The van der Waals surface area contributed by atoms with Crippen molar-refractivity contribution in [2.75, 3.05) is 0 Å². The molecule has 1 saturated carbocycles. The SMILES string of the molecule is O=C(NC1CCc2ccccc2C1)C1CC2CCCCC2N1. The quantitative estimate of drug-likeness (QED) is 0.881.